The van der Waals surface area contributed by atoms with Crippen LogP contribution in [0, 0.1) is 0 Å². The van der Waals surface area contributed by atoms with Gasteiger partial charge in [0.05, 0.1) is 6.54 Å². The molecule has 0 radical (unpaired) electrons. The molecule has 2 N–H and O–H groups in total. The highest BCUT2D eigenvalue weighted by molar-refractivity contribution is 8.00. The molecule has 5 nitrogen and oxygen atoms in total. The summed E-state index contributed by atoms with van der Waals surface area (Å²) in [6, 6.07) is 18.2. The zero-order valence-electron chi connectivity index (χ0n) is 17.8. The fourth-order valence-corrected chi connectivity index (χ4v) is 3.70. The Morgan fingerprint density at radius 3 is 2.55 bits per heavy atom. The molecule has 1 unspecified atom stereocenters. The number of nitrogens with zero attached hydrogens (tertiary/aromatic N) is 2. The van der Waals surface area contributed by atoms with Gasteiger partial charge in [-0.2, -0.15) is 0 Å². The van der Waals surface area contributed by atoms with Gasteiger partial charge in [-0.05, 0) is 43.2 Å². The number of carbonyl (C=O) groups is 1. The van der Waals surface area contributed by atoms with Crippen LogP contribution in [0.25, 0.3) is 0 Å². The third-order valence-corrected chi connectivity index (χ3v) is 5.31. The second-order valence-electron chi connectivity index (χ2n) is 7.04. The Morgan fingerprint density at radius 1 is 1.10 bits per heavy atom. The fourth-order valence-electron chi connectivity index (χ4n) is 2.77. The second kappa shape index (κ2) is 12.2. The van der Waals surface area contributed by atoms with E-state index in [-0.39, 0.29) is 5.91 Å². The number of rotatable bonds is 9. The highest BCUT2D eigenvalue weighted by Gasteiger charge is 2.08. The zero-order chi connectivity index (χ0) is 21.1. The van der Waals surface area contributed by atoms with Crippen LogP contribution in [0.15, 0.2) is 64.5 Å². The minimum absolute atomic E-state index is 0.0274. The maximum Gasteiger partial charge on any atom is 0.253 e. The van der Waals surface area contributed by atoms with Crippen molar-refractivity contribution in [1.82, 2.24) is 15.5 Å². The Hall–Kier alpha value is -2.47. The number of benzene rings is 2. The molecule has 0 aliphatic carbocycles. The molecule has 0 spiro atoms. The molecule has 2 aromatic carbocycles. The maximum absolute atomic E-state index is 12.1. The van der Waals surface area contributed by atoms with Crippen molar-refractivity contribution in [2.45, 2.75) is 30.4 Å². The number of thioether (sulfide) groups is 1. The monoisotopic (exact) mass is 412 g/mol. The summed E-state index contributed by atoms with van der Waals surface area (Å²) < 4.78 is 0. The van der Waals surface area contributed by atoms with E-state index in [4.69, 9.17) is 4.99 Å². The van der Waals surface area contributed by atoms with Gasteiger partial charge < -0.3 is 15.5 Å². The first kappa shape index (κ1) is 22.8. The van der Waals surface area contributed by atoms with Crippen molar-refractivity contribution < 1.29 is 4.79 Å². The van der Waals surface area contributed by atoms with Crippen molar-refractivity contribution in [3.05, 3.63) is 65.7 Å². The smallest absolute Gasteiger partial charge is 0.253 e. The number of hydrogen-bond acceptors (Lipinski definition) is 3. The Kier molecular flexibility index (Phi) is 9.57. The normalized spacial score (nSPS) is 12.3. The van der Waals surface area contributed by atoms with Crippen molar-refractivity contribution in [2.24, 2.45) is 4.99 Å². The lowest BCUT2D eigenvalue weighted by Crippen LogP contribution is -2.38. The molecule has 0 aliphatic heterocycles. The molecular formula is C23H32N4OS. The molecular weight excluding hydrogens is 380 g/mol. The molecule has 0 saturated heterocycles. The van der Waals surface area contributed by atoms with Gasteiger partial charge in [-0.1, -0.05) is 37.3 Å². The van der Waals surface area contributed by atoms with Crippen LogP contribution < -0.4 is 10.6 Å². The highest BCUT2D eigenvalue weighted by atomic mass is 32.2. The molecule has 0 heterocycles. The van der Waals surface area contributed by atoms with Crippen molar-refractivity contribution in [3.63, 3.8) is 0 Å². The minimum Gasteiger partial charge on any atom is -0.357 e. The van der Waals surface area contributed by atoms with Crippen LogP contribution in [-0.4, -0.2) is 55.7 Å². The predicted octanol–water partition coefficient (Wildman–Crippen LogP) is 3.67. The molecule has 2 rings (SSSR count). The molecule has 0 fully saturated rings. The summed E-state index contributed by atoms with van der Waals surface area (Å²) in [5.41, 5.74) is 1.86. The van der Waals surface area contributed by atoms with Gasteiger partial charge in [-0.3, -0.25) is 9.79 Å². The van der Waals surface area contributed by atoms with Gasteiger partial charge in [-0.15, -0.1) is 11.8 Å². The van der Waals surface area contributed by atoms with E-state index in [2.05, 4.69) is 54.8 Å². The lowest BCUT2D eigenvalue weighted by molar-refractivity contribution is 0.0827. The van der Waals surface area contributed by atoms with Crippen LogP contribution in [0.2, 0.25) is 0 Å². The lowest BCUT2D eigenvalue weighted by Gasteiger charge is -2.14. The van der Waals surface area contributed by atoms with E-state index >= 15 is 0 Å². The average molecular weight is 413 g/mol. The standard InChI is InChI=1S/C23H32N4OS/c1-5-24-23(26-17-18(2)29-21-12-7-6-8-13-21)25-15-14-19-10-9-11-20(16-19)22(28)27(3)4/h6-13,16,18H,5,14-15,17H2,1-4H3,(H2,24,25,26). The predicted molar refractivity (Wildman–Crippen MR) is 124 cm³/mol. The Morgan fingerprint density at radius 2 is 1.86 bits per heavy atom. The molecule has 2 aromatic rings. The van der Waals surface area contributed by atoms with Crippen LogP contribution in [0.1, 0.15) is 29.8 Å². The van der Waals surface area contributed by atoms with E-state index in [1.165, 1.54) is 4.90 Å². The molecule has 6 heteroatoms. The van der Waals surface area contributed by atoms with Crippen molar-refractivity contribution in [3.8, 4) is 0 Å². The third-order valence-electron chi connectivity index (χ3n) is 4.22. The minimum atomic E-state index is 0.0274. The van der Waals surface area contributed by atoms with Gasteiger partial charge in [0.25, 0.3) is 5.91 Å². The zero-order valence-corrected chi connectivity index (χ0v) is 18.6. The molecule has 0 bridgehead atoms. The van der Waals surface area contributed by atoms with E-state index in [0.29, 0.717) is 5.25 Å². The van der Waals surface area contributed by atoms with Crippen LogP contribution in [0.3, 0.4) is 0 Å². The molecule has 29 heavy (non-hydrogen) atoms. The first-order valence-electron chi connectivity index (χ1n) is 10.0. The molecule has 0 aliphatic rings. The Labute approximate surface area is 179 Å². The fraction of sp³-hybridized carbons (Fsp3) is 0.391. The van der Waals surface area contributed by atoms with Gasteiger partial charge in [-0.25, -0.2) is 0 Å². The van der Waals surface area contributed by atoms with Crippen LogP contribution in [-0.2, 0) is 6.42 Å². The first-order chi connectivity index (χ1) is 14.0. The van der Waals surface area contributed by atoms with Gasteiger partial charge in [0.2, 0.25) is 0 Å². The number of nitrogens with one attached hydrogen (secondary N) is 2. The van der Waals surface area contributed by atoms with E-state index < -0.39 is 0 Å². The summed E-state index contributed by atoms with van der Waals surface area (Å²) in [5, 5.41) is 7.09. The quantitative estimate of drug-likeness (QED) is 0.375. The van der Waals surface area contributed by atoms with Gasteiger partial charge in [0.1, 0.15) is 0 Å². The molecule has 156 valence electrons. The molecule has 0 saturated carbocycles. The van der Waals surface area contributed by atoms with Gasteiger partial charge in [0.15, 0.2) is 5.96 Å². The molecule has 1 amide bonds. The van der Waals surface area contributed by atoms with Gasteiger partial charge in [0, 0.05) is 42.9 Å². The van der Waals surface area contributed by atoms with Gasteiger partial charge >= 0.3 is 0 Å². The van der Waals surface area contributed by atoms with Crippen molar-refractivity contribution >= 4 is 23.6 Å². The topological polar surface area (TPSA) is 56.7 Å². The number of guanidine groups is 1. The van der Waals surface area contributed by atoms with Crippen LogP contribution in [0.4, 0.5) is 0 Å². The first-order valence-corrected chi connectivity index (χ1v) is 10.9. The average Bonchev–Trinajstić information content (AvgIpc) is 2.72. The van der Waals surface area contributed by atoms with Crippen LogP contribution in [0.5, 0.6) is 0 Å². The summed E-state index contributed by atoms with van der Waals surface area (Å²) in [5.74, 6) is 0.855. The highest BCUT2D eigenvalue weighted by Crippen LogP contribution is 2.22. The molecule has 0 aromatic heterocycles. The maximum atomic E-state index is 12.1. The second-order valence-corrected chi connectivity index (χ2v) is 8.55. The molecule has 1 atom stereocenters. The summed E-state index contributed by atoms with van der Waals surface area (Å²) in [6.45, 7) is 6.57. The van der Waals surface area contributed by atoms with Crippen LogP contribution >= 0.6 is 11.8 Å². The van der Waals surface area contributed by atoms with Crippen molar-refractivity contribution in [1.29, 1.82) is 0 Å². The van der Waals surface area contributed by atoms with E-state index in [1.807, 2.05) is 36.0 Å². The summed E-state index contributed by atoms with van der Waals surface area (Å²) >= 11 is 1.83. The number of hydrogen-bond donors (Lipinski definition) is 2. The summed E-state index contributed by atoms with van der Waals surface area (Å²) in [7, 11) is 3.54. The van der Waals surface area contributed by atoms with Crippen molar-refractivity contribution in [2.75, 3.05) is 33.7 Å². The van der Waals surface area contributed by atoms with E-state index in [9.17, 15) is 4.79 Å². The largest absolute Gasteiger partial charge is 0.357 e. The summed E-state index contributed by atoms with van der Waals surface area (Å²) in [6.07, 6.45) is 0.827. The van der Waals surface area contributed by atoms with E-state index in [1.54, 1.807) is 19.0 Å². The summed E-state index contributed by atoms with van der Waals surface area (Å²) in [4.78, 5) is 19.7. The lowest BCUT2D eigenvalue weighted by atomic mass is 10.1. The Balaban J connectivity index is 1.86. The number of amides is 1. The number of carbonyl (C=O) groups excluding carboxylic acids is 1. The SMILES string of the molecule is CCNC(=NCC(C)Sc1ccccc1)NCCc1cccc(C(=O)N(C)C)c1. The number of aliphatic imine (C=N–C) groups is 1. The Bertz CT molecular complexity index is 792. The third kappa shape index (κ3) is 8.20. The van der Waals surface area contributed by atoms with E-state index in [0.717, 1.165) is 43.1 Å².